The van der Waals surface area contributed by atoms with E-state index >= 15 is 0 Å². The van der Waals surface area contributed by atoms with E-state index in [2.05, 4.69) is 5.32 Å². The number of hydrogen-bond donors (Lipinski definition) is 2. The minimum atomic E-state index is -0.266. The lowest BCUT2D eigenvalue weighted by Crippen LogP contribution is -2.42. The lowest BCUT2D eigenvalue weighted by atomic mass is 9.95. The second-order valence-electron chi connectivity index (χ2n) is 7.27. The van der Waals surface area contributed by atoms with E-state index in [-0.39, 0.29) is 36.0 Å². The van der Waals surface area contributed by atoms with Crippen LogP contribution in [0.4, 0.5) is 4.39 Å². The Morgan fingerprint density at radius 2 is 1.72 bits per heavy atom. The molecule has 0 spiro atoms. The van der Waals surface area contributed by atoms with Crippen LogP contribution in [0.3, 0.4) is 0 Å². The molecule has 29 heavy (non-hydrogen) atoms. The highest BCUT2D eigenvalue weighted by molar-refractivity contribution is 5.94. The molecule has 0 bridgehead atoms. The summed E-state index contributed by atoms with van der Waals surface area (Å²) in [7, 11) is 0. The summed E-state index contributed by atoms with van der Waals surface area (Å²) in [5.74, 6) is -0.449. The lowest BCUT2D eigenvalue weighted by Gasteiger charge is -2.31. The molecule has 2 aromatic rings. The number of nitrogens with one attached hydrogen (secondary N) is 1. The summed E-state index contributed by atoms with van der Waals surface area (Å²) >= 11 is 0. The van der Waals surface area contributed by atoms with Gasteiger partial charge in [-0.3, -0.25) is 9.59 Å². The Balaban J connectivity index is 0.00000300. The van der Waals surface area contributed by atoms with E-state index in [0.29, 0.717) is 50.1 Å². The van der Waals surface area contributed by atoms with E-state index in [1.54, 1.807) is 30.0 Å². The van der Waals surface area contributed by atoms with Crippen LogP contribution in [0.15, 0.2) is 42.5 Å². The van der Waals surface area contributed by atoms with E-state index < -0.39 is 0 Å². The van der Waals surface area contributed by atoms with Gasteiger partial charge in [-0.25, -0.2) is 4.39 Å². The first kappa shape index (κ1) is 22.8. The third-order valence-electron chi connectivity index (χ3n) is 5.29. The molecule has 5 nitrogen and oxygen atoms in total. The number of carbonyl (C=O) groups is 2. The number of benzene rings is 2. The number of hydrogen-bond acceptors (Lipinski definition) is 3. The lowest BCUT2D eigenvalue weighted by molar-refractivity contribution is -0.126. The molecular weight excluding hydrogens is 393 g/mol. The van der Waals surface area contributed by atoms with Crippen molar-refractivity contribution in [1.82, 2.24) is 10.2 Å². The minimum Gasteiger partial charge on any atom is -0.352 e. The molecule has 7 heteroatoms. The van der Waals surface area contributed by atoms with Crippen molar-refractivity contribution >= 4 is 24.2 Å². The van der Waals surface area contributed by atoms with Crippen LogP contribution in [-0.4, -0.2) is 29.8 Å². The Hall–Kier alpha value is -2.44. The van der Waals surface area contributed by atoms with Crippen LogP contribution in [0, 0.1) is 18.7 Å². The fourth-order valence-electron chi connectivity index (χ4n) is 3.39. The van der Waals surface area contributed by atoms with E-state index in [1.807, 2.05) is 18.2 Å². The topological polar surface area (TPSA) is 75.4 Å². The van der Waals surface area contributed by atoms with Gasteiger partial charge in [0, 0.05) is 37.7 Å². The van der Waals surface area contributed by atoms with E-state index in [4.69, 9.17) is 5.73 Å². The molecule has 1 aliphatic heterocycles. The Labute approximate surface area is 176 Å². The second-order valence-corrected chi connectivity index (χ2v) is 7.27. The number of piperidine rings is 1. The maximum Gasteiger partial charge on any atom is 0.253 e. The summed E-state index contributed by atoms with van der Waals surface area (Å²) in [5.41, 5.74) is 8.54. The average Bonchev–Trinajstić information content (AvgIpc) is 2.74. The quantitative estimate of drug-likeness (QED) is 0.781. The van der Waals surface area contributed by atoms with Gasteiger partial charge in [0.25, 0.3) is 5.91 Å². The molecule has 1 saturated heterocycles. The van der Waals surface area contributed by atoms with Crippen LogP contribution in [0.2, 0.25) is 0 Å². The zero-order valence-corrected chi connectivity index (χ0v) is 17.3. The van der Waals surface area contributed by atoms with Crippen molar-refractivity contribution in [1.29, 1.82) is 0 Å². The summed E-state index contributed by atoms with van der Waals surface area (Å²) in [6, 6.07) is 12.3. The van der Waals surface area contributed by atoms with Gasteiger partial charge in [-0.1, -0.05) is 24.3 Å². The first-order chi connectivity index (χ1) is 13.5. The maximum absolute atomic E-state index is 13.6. The average molecular weight is 420 g/mol. The molecule has 3 N–H and O–H groups in total. The summed E-state index contributed by atoms with van der Waals surface area (Å²) in [5, 5.41) is 2.88. The smallest absolute Gasteiger partial charge is 0.253 e. The van der Waals surface area contributed by atoms with Gasteiger partial charge in [-0.2, -0.15) is 0 Å². The Morgan fingerprint density at radius 3 is 2.31 bits per heavy atom. The Bertz CT molecular complexity index is 850. The summed E-state index contributed by atoms with van der Waals surface area (Å²) < 4.78 is 13.6. The molecule has 1 heterocycles. The largest absolute Gasteiger partial charge is 0.352 e. The molecule has 2 aromatic carbocycles. The van der Waals surface area contributed by atoms with Gasteiger partial charge in [0.1, 0.15) is 5.82 Å². The SMILES string of the molecule is Cc1ccc(CNC(=O)C2CCN(C(=O)c3ccc(CN)cc3)CC2)cc1F.Cl. The van der Waals surface area contributed by atoms with Gasteiger partial charge >= 0.3 is 0 Å². The monoisotopic (exact) mass is 419 g/mol. The number of halogens is 2. The first-order valence-corrected chi connectivity index (χ1v) is 9.59. The van der Waals surface area contributed by atoms with Gasteiger partial charge in [0.05, 0.1) is 0 Å². The molecule has 0 aliphatic carbocycles. The number of likely N-dealkylation sites (tertiary alicyclic amines) is 1. The predicted molar refractivity (Wildman–Crippen MR) is 113 cm³/mol. The molecule has 0 saturated carbocycles. The Kier molecular flexibility index (Phi) is 8.17. The molecule has 0 atom stereocenters. The van der Waals surface area contributed by atoms with Crippen molar-refractivity contribution in [3.05, 3.63) is 70.5 Å². The predicted octanol–water partition coefficient (Wildman–Crippen LogP) is 3.18. The third-order valence-corrected chi connectivity index (χ3v) is 5.29. The van der Waals surface area contributed by atoms with Crippen molar-refractivity contribution in [2.24, 2.45) is 11.7 Å². The number of nitrogens with two attached hydrogens (primary N) is 1. The Morgan fingerprint density at radius 1 is 1.10 bits per heavy atom. The van der Waals surface area contributed by atoms with Crippen molar-refractivity contribution in [3.63, 3.8) is 0 Å². The van der Waals surface area contributed by atoms with Crippen molar-refractivity contribution < 1.29 is 14.0 Å². The highest BCUT2D eigenvalue weighted by Gasteiger charge is 2.27. The molecular formula is C22H27ClFN3O2. The minimum absolute atomic E-state index is 0. The van der Waals surface area contributed by atoms with Crippen LogP contribution in [-0.2, 0) is 17.9 Å². The number of amides is 2. The van der Waals surface area contributed by atoms with E-state index in [1.165, 1.54) is 6.07 Å². The molecule has 0 aromatic heterocycles. The van der Waals surface area contributed by atoms with E-state index in [9.17, 15) is 14.0 Å². The van der Waals surface area contributed by atoms with Crippen LogP contribution < -0.4 is 11.1 Å². The van der Waals surface area contributed by atoms with Crippen molar-refractivity contribution in [2.75, 3.05) is 13.1 Å². The summed E-state index contributed by atoms with van der Waals surface area (Å²) in [6.45, 7) is 3.57. The number of aryl methyl sites for hydroxylation is 1. The van der Waals surface area contributed by atoms with Crippen LogP contribution in [0.25, 0.3) is 0 Å². The summed E-state index contributed by atoms with van der Waals surface area (Å²) in [6.07, 6.45) is 1.25. The molecule has 3 rings (SSSR count). The van der Waals surface area contributed by atoms with Gasteiger partial charge in [-0.05, 0) is 54.7 Å². The summed E-state index contributed by atoms with van der Waals surface area (Å²) in [4.78, 5) is 26.8. The zero-order valence-electron chi connectivity index (χ0n) is 16.5. The first-order valence-electron chi connectivity index (χ1n) is 9.59. The van der Waals surface area contributed by atoms with Crippen LogP contribution in [0.5, 0.6) is 0 Å². The standard InChI is InChI=1S/C22H26FN3O2.ClH/c1-15-2-3-17(12-20(15)23)14-25-21(27)18-8-10-26(11-9-18)22(28)19-6-4-16(13-24)5-7-19;/h2-7,12,18H,8-11,13-14,24H2,1H3,(H,25,27);1H. The maximum atomic E-state index is 13.6. The fourth-order valence-corrected chi connectivity index (χ4v) is 3.39. The van der Waals surface area contributed by atoms with E-state index in [0.717, 1.165) is 11.1 Å². The number of rotatable bonds is 5. The molecule has 1 aliphatic rings. The highest BCUT2D eigenvalue weighted by Crippen LogP contribution is 2.20. The van der Waals surface area contributed by atoms with Gasteiger partial charge in [0.15, 0.2) is 0 Å². The second kappa shape index (κ2) is 10.4. The highest BCUT2D eigenvalue weighted by atomic mass is 35.5. The van der Waals surface area contributed by atoms with Gasteiger partial charge in [-0.15, -0.1) is 12.4 Å². The van der Waals surface area contributed by atoms with Gasteiger partial charge in [0.2, 0.25) is 5.91 Å². The third kappa shape index (κ3) is 5.78. The van der Waals surface area contributed by atoms with Crippen LogP contribution in [0.1, 0.15) is 39.9 Å². The molecule has 1 fully saturated rings. The zero-order chi connectivity index (χ0) is 20.1. The molecule has 0 radical (unpaired) electrons. The fraction of sp³-hybridized carbons (Fsp3) is 0.364. The normalized spacial score (nSPS) is 14.2. The number of nitrogens with zero attached hydrogens (tertiary/aromatic N) is 1. The van der Waals surface area contributed by atoms with Crippen LogP contribution >= 0.6 is 12.4 Å². The molecule has 2 amide bonds. The molecule has 156 valence electrons. The molecule has 0 unspecified atom stereocenters. The van der Waals surface area contributed by atoms with Crippen molar-refractivity contribution in [2.45, 2.75) is 32.9 Å². The van der Waals surface area contributed by atoms with Crippen molar-refractivity contribution in [3.8, 4) is 0 Å². The van der Waals surface area contributed by atoms with Gasteiger partial charge < -0.3 is 16.0 Å². The number of carbonyl (C=O) groups excluding carboxylic acids is 2.